The predicted octanol–water partition coefficient (Wildman–Crippen LogP) is 1.49. The van der Waals surface area contributed by atoms with Gasteiger partial charge in [0.2, 0.25) is 0 Å². The van der Waals surface area contributed by atoms with Crippen LogP contribution in [0.25, 0.3) is 0 Å². The Hall–Kier alpha value is -2.06. The maximum absolute atomic E-state index is 12.0. The van der Waals surface area contributed by atoms with E-state index in [1.54, 1.807) is 24.3 Å². The fourth-order valence-electron chi connectivity index (χ4n) is 2.21. The maximum atomic E-state index is 12.0. The molecule has 21 heavy (non-hydrogen) atoms. The van der Waals surface area contributed by atoms with Crippen molar-refractivity contribution in [2.75, 3.05) is 4.90 Å². The van der Waals surface area contributed by atoms with Crippen molar-refractivity contribution in [3.05, 3.63) is 41.0 Å². The van der Waals surface area contributed by atoms with Gasteiger partial charge in [-0.1, -0.05) is 23.7 Å². The van der Waals surface area contributed by atoms with Gasteiger partial charge in [-0.3, -0.25) is 9.58 Å². The number of nitrogens with zero attached hydrogens (tertiary/aromatic N) is 3. The summed E-state index contributed by atoms with van der Waals surface area (Å²) in [6.07, 6.45) is 1.36. The molecule has 3 rings (SSSR count). The molecule has 2 heterocycles. The second-order valence-electron chi connectivity index (χ2n) is 4.59. The number of hydrogen-bond acceptors (Lipinski definition) is 4. The van der Waals surface area contributed by atoms with Gasteiger partial charge in [0, 0.05) is 12.1 Å². The number of benzene rings is 1. The number of amides is 2. The number of carbonyl (C=O) groups is 1. The van der Waals surface area contributed by atoms with E-state index < -0.39 is 16.1 Å². The van der Waals surface area contributed by atoms with Crippen LogP contribution in [0.2, 0.25) is 5.02 Å². The average molecular weight is 327 g/mol. The van der Waals surface area contributed by atoms with Crippen LogP contribution >= 0.6 is 11.6 Å². The van der Waals surface area contributed by atoms with Gasteiger partial charge in [-0.15, -0.1) is 0 Å². The molecule has 1 aliphatic heterocycles. The molecule has 7 nitrogen and oxygen atoms in total. The Morgan fingerprint density at radius 2 is 2.14 bits per heavy atom. The SMILES string of the molecule is Cn1ncc2c1S(=O)(=O)NC(=O)N2Cc1cccc(Cl)c1. The number of anilines is 1. The monoisotopic (exact) mass is 326 g/mol. The molecule has 0 fully saturated rings. The molecule has 0 saturated carbocycles. The molecule has 1 aromatic carbocycles. The number of fused-ring (bicyclic) bond motifs is 1. The molecule has 0 bridgehead atoms. The summed E-state index contributed by atoms with van der Waals surface area (Å²) in [5.41, 5.74) is 1.04. The lowest BCUT2D eigenvalue weighted by Gasteiger charge is -2.27. The summed E-state index contributed by atoms with van der Waals surface area (Å²) in [7, 11) is -2.37. The van der Waals surface area contributed by atoms with Gasteiger partial charge in [-0.2, -0.15) is 13.5 Å². The Bertz CT molecular complexity index is 831. The third-order valence-electron chi connectivity index (χ3n) is 3.11. The fraction of sp³-hybridized carbons (Fsp3) is 0.167. The highest BCUT2D eigenvalue weighted by molar-refractivity contribution is 7.90. The smallest absolute Gasteiger partial charge is 0.285 e. The van der Waals surface area contributed by atoms with Crippen LogP contribution in [0.3, 0.4) is 0 Å². The molecule has 1 aromatic heterocycles. The van der Waals surface area contributed by atoms with Crippen LogP contribution in [0.1, 0.15) is 5.56 Å². The Morgan fingerprint density at radius 1 is 1.38 bits per heavy atom. The van der Waals surface area contributed by atoms with Crippen LogP contribution in [-0.2, 0) is 23.6 Å². The number of rotatable bonds is 2. The van der Waals surface area contributed by atoms with E-state index in [4.69, 9.17) is 11.6 Å². The summed E-state index contributed by atoms with van der Waals surface area (Å²) in [4.78, 5) is 13.4. The molecule has 2 aromatic rings. The minimum atomic E-state index is -3.88. The average Bonchev–Trinajstić information content (AvgIpc) is 2.77. The van der Waals surface area contributed by atoms with Crippen molar-refractivity contribution in [1.29, 1.82) is 0 Å². The van der Waals surface area contributed by atoms with E-state index in [2.05, 4.69) is 5.10 Å². The molecule has 9 heteroatoms. The first kappa shape index (κ1) is 13.9. The van der Waals surface area contributed by atoms with E-state index in [9.17, 15) is 13.2 Å². The lowest BCUT2D eigenvalue weighted by atomic mass is 10.2. The zero-order chi connectivity index (χ0) is 15.2. The van der Waals surface area contributed by atoms with E-state index >= 15 is 0 Å². The molecule has 110 valence electrons. The lowest BCUT2D eigenvalue weighted by molar-refractivity contribution is 0.250. The standard InChI is InChI=1S/C12H11ClN4O3S/c1-16-11-10(6-14-16)17(12(18)15-21(11,19)20)7-8-3-2-4-9(13)5-8/h2-6H,7H2,1H3,(H,15,18). The number of aryl methyl sites for hydroxylation is 1. The summed E-state index contributed by atoms with van der Waals surface area (Å²) in [5.74, 6) is 0. The van der Waals surface area contributed by atoms with Gasteiger partial charge < -0.3 is 0 Å². The highest BCUT2D eigenvalue weighted by atomic mass is 35.5. The summed E-state index contributed by atoms with van der Waals surface area (Å²) < 4.78 is 27.2. The molecule has 0 spiro atoms. The topological polar surface area (TPSA) is 84.3 Å². The molecule has 1 aliphatic rings. The number of hydrogen-bond donors (Lipinski definition) is 1. The van der Waals surface area contributed by atoms with E-state index in [1.807, 2.05) is 4.72 Å². The molecule has 1 N–H and O–H groups in total. The first-order valence-electron chi connectivity index (χ1n) is 5.99. The first-order valence-corrected chi connectivity index (χ1v) is 7.85. The van der Waals surface area contributed by atoms with Crippen molar-refractivity contribution in [3.63, 3.8) is 0 Å². The number of halogens is 1. The summed E-state index contributed by atoms with van der Waals surface area (Å²) in [5, 5.41) is 4.42. The van der Waals surface area contributed by atoms with E-state index in [0.29, 0.717) is 5.02 Å². The highest BCUT2D eigenvalue weighted by Gasteiger charge is 2.37. The van der Waals surface area contributed by atoms with Crippen LogP contribution in [-0.4, -0.2) is 24.2 Å². The van der Waals surface area contributed by atoms with Crippen LogP contribution in [0.4, 0.5) is 10.5 Å². The van der Waals surface area contributed by atoms with E-state index in [1.165, 1.54) is 22.8 Å². The molecule has 0 aliphatic carbocycles. The van der Waals surface area contributed by atoms with Crippen LogP contribution in [0.15, 0.2) is 35.5 Å². The largest absolute Gasteiger partial charge is 0.336 e. The van der Waals surface area contributed by atoms with Crippen LogP contribution < -0.4 is 9.62 Å². The number of aromatic nitrogens is 2. The minimum absolute atomic E-state index is 0.0378. The number of sulfonamides is 1. The Labute approximate surface area is 126 Å². The highest BCUT2D eigenvalue weighted by Crippen LogP contribution is 2.30. The van der Waals surface area contributed by atoms with E-state index in [0.717, 1.165) is 5.56 Å². The Balaban J connectivity index is 2.05. The predicted molar refractivity (Wildman–Crippen MR) is 76.6 cm³/mol. The number of nitrogens with one attached hydrogen (secondary N) is 1. The van der Waals surface area contributed by atoms with Gasteiger partial charge in [-0.25, -0.2) is 9.52 Å². The van der Waals surface area contributed by atoms with Crippen molar-refractivity contribution in [2.45, 2.75) is 11.6 Å². The molecule has 2 amide bonds. The third-order valence-corrected chi connectivity index (χ3v) is 4.77. The molecular weight excluding hydrogens is 316 g/mol. The van der Waals surface area contributed by atoms with Crippen molar-refractivity contribution in [1.82, 2.24) is 14.5 Å². The molecular formula is C12H11ClN4O3S. The normalized spacial score (nSPS) is 16.5. The minimum Gasteiger partial charge on any atom is -0.285 e. The van der Waals surface area contributed by atoms with Crippen molar-refractivity contribution in [3.8, 4) is 0 Å². The maximum Gasteiger partial charge on any atom is 0.336 e. The summed E-state index contributed by atoms with van der Waals surface area (Å²) >= 11 is 5.92. The molecule has 0 atom stereocenters. The quantitative estimate of drug-likeness (QED) is 0.906. The Kier molecular flexibility index (Phi) is 3.14. The van der Waals surface area contributed by atoms with Gasteiger partial charge in [0.15, 0.2) is 5.03 Å². The van der Waals surface area contributed by atoms with Gasteiger partial charge in [-0.05, 0) is 17.7 Å². The lowest BCUT2D eigenvalue weighted by Crippen LogP contribution is -2.47. The van der Waals surface area contributed by atoms with Crippen LogP contribution in [0.5, 0.6) is 0 Å². The number of carbonyl (C=O) groups excluding carboxylic acids is 1. The first-order chi connectivity index (χ1) is 9.88. The Morgan fingerprint density at radius 3 is 2.86 bits per heavy atom. The van der Waals surface area contributed by atoms with Gasteiger partial charge in [0.1, 0.15) is 5.69 Å². The fourth-order valence-corrected chi connectivity index (χ4v) is 3.70. The van der Waals surface area contributed by atoms with Crippen molar-refractivity contribution in [2.24, 2.45) is 7.05 Å². The van der Waals surface area contributed by atoms with Gasteiger partial charge >= 0.3 is 6.03 Å². The third kappa shape index (κ3) is 2.36. The summed E-state index contributed by atoms with van der Waals surface area (Å²) in [6, 6.07) is 6.30. The molecule has 0 radical (unpaired) electrons. The van der Waals surface area contributed by atoms with Crippen molar-refractivity contribution < 1.29 is 13.2 Å². The van der Waals surface area contributed by atoms with Crippen LogP contribution in [0, 0.1) is 0 Å². The van der Waals surface area contributed by atoms with Gasteiger partial charge in [0.05, 0.1) is 12.7 Å². The second kappa shape index (κ2) is 4.74. The number of urea groups is 1. The second-order valence-corrected chi connectivity index (χ2v) is 6.62. The van der Waals surface area contributed by atoms with Gasteiger partial charge in [0.25, 0.3) is 10.0 Å². The molecule has 0 unspecified atom stereocenters. The molecule has 0 saturated heterocycles. The summed E-state index contributed by atoms with van der Waals surface area (Å²) in [6.45, 7) is 0.195. The zero-order valence-electron chi connectivity index (χ0n) is 10.9. The van der Waals surface area contributed by atoms with Crippen molar-refractivity contribution >= 4 is 33.3 Å². The zero-order valence-corrected chi connectivity index (χ0v) is 12.5. The van der Waals surface area contributed by atoms with E-state index in [-0.39, 0.29) is 17.3 Å².